The molecule has 0 fully saturated rings. The van der Waals surface area contributed by atoms with Gasteiger partial charge in [0.25, 0.3) is 0 Å². The van der Waals surface area contributed by atoms with Gasteiger partial charge >= 0.3 is 0 Å². The van der Waals surface area contributed by atoms with Gasteiger partial charge < -0.3 is 9.30 Å². The van der Waals surface area contributed by atoms with Crippen LogP contribution in [0.4, 0.5) is 0 Å². The van der Waals surface area contributed by atoms with Crippen molar-refractivity contribution in [2.45, 2.75) is 26.3 Å². The molecule has 0 bridgehead atoms. The van der Waals surface area contributed by atoms with Crippen LogP contribution in [0.25, 0.3) is 21.8 Å². The summed E-state index contributed by atoms with van der Waals surface area (Å²) in [5.41, 5.74) is 4.78. The Kier molecular flexibility index (Phi) is 3.92. The topological polar surface area (TPSA) is 27.1 Å². The van der Waals surface area contributed by atoms with Gasteiger partial charge in [-0.05, 0) is 37.1 Å². The van der Waals surface area contributed by atoms with Crippen molar-refractivity contribution in [3.8, 4) is 5.75 Å². The minimum Gasteiger partial charge on any atom is -0.497 e. The van der Waals surface area contributed by atoms with Crippen LogP contribution in [-0.2, 0) is 0 Å². The van der Waals surface area contributed by atoms with Crippen molar-refractivity contribution >= 4 is 21.8 Å². The van der Waals surface area contributed by atoms with E-state index in [0.29, 0.717) is 0 Å². The lowest BCUT2D eigenvalue weighted by atomic mass is 10.0. The van der Waals surface area contributed by atoms with Crippen molar-refractivity contribution in [1.82, 2.24) is 9.55 Å². The molecule has 2 aromatic carbocycles. The molecule has 2 aromatic heterocycles. The van der Waals surface area contributed by atoms with Gasteiger partial charge in [-0.2, -0.15) is 0 Å². The van der Waals surface area contributed by atoms with E-state index in [1.54, 1.807) is 7.11 Å². The van der Waals surface area contributed by atoms with Crippen molar-refractivity contribution in [3.63, 3.8) is 0 Å². The van der Waals surface area contributed by atoms with Crippen LogP contribution in [0.15, 0.2) is 60.8 Å². The average molecular weight is 330 g/mol. The normalized spacial score (nSPS) is 12.6. The van der Waals surface area contributed by atoms with E-state index >= 15 is 0 Å². The smallest absolute Gasteiger partial charge is 0.120 e. The van der Waals surface area contributed by atoms with Gasteiger partial charge in [0.2, 0.25) is 0 Å². The van der Waals surface area contributed by atoms with Crippen molar-refractivity contribution < 1.29 is 4.74 Å². The first-order chi connectivity index (χ1) is 12.2. The Hall–Kier alpha value is -2.81. The Morgan fingerprint density at radius 2 is 1.84 bits per heavy atom. The van der Waals surface area contributed by atoms with E-state index in [-0.39, 0.29) is 6.04 Å². The second kappa shape index (κ2) is 6.25. The van der Waals surface area contributed by atoms with Crippen LogP contribution < -0.4 is 4.74 Å². The third-order valence-corrected chi connectivity index (χ3v) is 4.99. The van der Waals surface area contributed by atoms with Crippen molar-refractivity contribution in [3.05, 3.63) is 72.1 Å². The molecule has 1 unspecified atom stereocenters. The zero-order chi connectivity index (χ0) is 17.4. The van der Waals surface area contributed by atoms with Crippen LogP contribution in [0.2, 0.25) is 0 Å². The van der Waals surface area contributed by atoms with Gasteiger partial charge in [-0.25, -0.2) is 0 Å². The Balaban J connectivity index is 2.12. The lowest BCUT2D eigenvalue weighted by molar-refractivity contribution is 0.415. The maximum absolute atomic E-state index is 5.49. The minimum atomic E-state index is 0.260. The molecular weight excluding hydrogens is 308 g/mol. The molecule has 126 valence electrons. The number of methoxy groups -OCH3 is 1. The molecule has 0 spiro atoms. The quantitative estimate of drug-likeness (QED) is 0.493. The molecular formula is C22H22N2O. The first-order valence-corrected chi connectivity index (χ1v) is 8.72. The molecule has 0 saturated carbocycles. The van der Waals surface area contributed by atoms with Crippen LogP contribution in [0.1, 0.15) is 30.6 Å². The fraction of sp³-hybridized carbons (Fsp3) is 0.227. The van der Waals surface area contributed by atoms with Gasteiger partial charge in [-0.1, -0.05) is 37.3 Å². The second-order valence-corrected chi connectivity index (χ2v) is 6.38. The van der Waals surface area contributed by atoms with Gasteiger partial charge in [0.15, 0.2) is 0 Å². The summed E-state index contributed by atoms with van der Waals surface area (Å²) in [4.78, 5) is 4.56. The van der Waals surface area contributed by atoms with Crippen LogP contribution in [0.5, 0.6) is 5.75 Å². The van der Waals surface area contributed by atoms with E-state index in [1.165, 1.54) is 27.4 Å². The molecule has 0 aliphatic rings. The van der Waals surface area contributed by atoms with Crippen LogP contribution >= 0.6 is 0 Å². The van der Waals surface area contributed by atoms with Gasteiger partial charge in [0, 0.05) is 23.0 Å². The molecule has 0 N–H and O–H groups in total. The zero-order valence-corrected chi connectivity index (χ0v) is 14.9. The third-order valence-electron chi connectivity index (χ3n) is 4.99. The number of hydrogen-bond acceptors (Lipinski definition) is 2. The highest BCUT2D eigenvalue weighted by atomic mass is 16.5. The summed E-state index contributed by atoms with van der Waals surface area (Å²) in [6.45, 7) is 4.33. The summed E-state index contributed by atoms with van der Waals surface area (Å²) in [5, 5.41) is 2.50. The number of aromatic nitrogens is 2. The lowest BCUT2D eigenvalue weighted by Crippen LogP contribution is -2.10. The van der Waals surface area contributed by atoms with E-state index in [9.17, 15) is 0 Å². The maximum atomic E-state index is 5.49. The lowest BCUT2D eigenvalue weighted by Gasteiger charge is -2.21. The molecule has 0 aliphatic heterocycles. The van der Waals surface area contributed by atoms with E-state index in [4.69, 9.17) is 4.74 Å². The van der Waals surface area contributed by atoms with E-state index in [2.05, 4.69) is 71.9 Å². The first-order valence-electron chi connectivity index (χ1n) is 8.72. The van der Waals surface area contributed by atoms with Gasteiger partial charge in [0.05, 0.1) is 29.9 Å². The fourth-order valence-corrected chi connectivity index (χ4v) is 3.83. The summed E-state index contributed by atoms with van der Waals surface area (Å²) in [7, 11) is 1.72. The molecule has 4 aromatic rings. The van der Waals surface area contributed by atoms with Crippen LogP contribution in [-0.4, -0.2) is 16.7 Å². The third kappa shape index (κ3) is 2.47. The SMILES string of the molecule is CCC(c1ccccc1)n1c2cc(OC)ccc2c2ccnc(C)c21. The van der Waals surface area contributed by atoms with Crippen molar-refractivity contribution in [2.24, 2.45) is 0 Å². The standard InChI is InChI=1S/C22H22N2O/c1-4-20(16-8-6-5-7-9-16)24-21-14-17(25-3)10-11-18(21)19-12-13-23-15(2)22(19)24/h5-14,20H,4H2,1-3H3. The number of fused-ring (bicyclic) bond motifs is 3. The number of aryl methyl sites for hydroxylation is 1. The largest absolute Gasteiger partial charge is 0.497 e. The van der Waals surface area contributed by atoms with Gasteiger partial charge in [-0.3, -0.25) is 4.98 Å². The summed E-state index contributed by atoms with van der Waals surface area (Å²) >= 11 is 0. The Bertz CT molecular complexity index is 1030. The molecule has 1 atom stereocenters. The summed E-state index contributed by atoms with van der Waals surface area (Å²) in [5.74, 6) is 0.880. The number of nitrogens with zero attached hydrogens (tertiary/aromatic N) is 2. The predicted octanol–water partition coefficient (Wildman–Crippen LogP) is 5.51. The van der Waals surface area contributed by atoms with Gasteiger partial charge in [-0.15, -0.1) is 0 Å². The minimum absolute atomic E-state index is 0.260. The first kappa shape index (κ1) is 15.7. The highest BCUT2D eigenvalue weighted by molar-refractivity contribution is 6.09. The number of ether oxygens (including phenoxy) is 1. The molecule has 0 amide bonds. The summed E-state index contributed by atoms with van der Waals surface area (Å²) < 4.78 is 7.93. The number of rotatable bonds is 4. The Morgan fingerprint density at radius 1 is 1.04 bits per heavy atom. The maximum Gasteiger partial charge on any atom is 0.120 e. The molecule has 0 saturated heterocycles. The van der Waals surface area contributed by atoms with E-state index < -0.39 is 0 Å². The molecule has 3 nitrogen and oxygen atoms in total. The fourth-order valence-electron chi connectivity index (χ4n) is 3.83. The average Bonchev–Trinajstić information content (AvgIpc) is 2.98. The van der Waals surface area contributed by atoms with Gasteiger partial charge in [0.1, 0.15) is 5.75 Å². The highest BCUT2D eigenvalue weighted by Crippen LogP contribution is 2.37. The number of pyridine rings is 1. The molecule has 2 heterocycles. The number of benzene rings is 2. The predicted molar refractivity (Wildman–Crippen MR) is 103 cm³/mol. The van der Waals surface area contributed by atoms with E-state index in [1.807, 2.05) is 12.3 Å². The summed E-state index contributed by atoms with van der Waals surface area (Å²) in [6, 6.07) is 19.4. The zero-order valence-electron chi connectivity index (χ0n) is 14.9. The molecule has 0 radical (unpaired) electrons. The van der Waals surface area contributed by atoms with Crippen LogP contribution in [0.3, 0.4) is 0 Å². The Morgan fingerprint density at radius 3 is 2.56 bits per heavy atom. The molecule has 4 rings (SSSR count). The monoisotopic (exact) mass is 330 g/mol. The van der Waals surface area contributed by atoms with Crippen LogP contribution in [0, 0.1) is 6.92 Å². The van der Waals surface area contributed by atoms with E-state index in [0.717, 1.165) is 17.9 Å². The second-order valence-electron chi connectivity index (χ2n) is 6.38. The molecule has 3 heteroatoms. The molecule has 0 aliphatic carbocycles. The Labute approximate surface area is 147 Å². The number of hydrogen-bond donors (Lipinski definition) is 0. The van der Waals surface area contributed by atoms with Crippen molar-refractivity contribution in [2.75, 3.05) is 7.11 Å². The summed E-state index contributed by atoms with van der Waals surface area (Å²) in [6.07, 6.45) is 2.91. The highest BCUT2D eigenvalue weighted by Gasteiger charge is 2.20. The van der Waals surface area contributed by atoms with Crippen molar-refractivity contribution in [1.29, 1.82) is 0 Å². The molecule has 25 heavy (non-hydrogen) atoms.